The van der Waals surface area contributed by atoms with E-state index in [1.807, 2.05) is 0 Å². The monoisotopic (exact) mass is 513 g/mol. The molecule has 2 aromatic rings. The highest BCUT2D eigenvalue weighted by atomic mass is 127. The second-order valence-corrected chi connectivity index (χ2v) is 6.92. The number of guanidine groups is 1. The molecule has 0 radical (unpaired) electrons. The Kier molecular flexibility index (Phi) is 10.4. The van der Waals surface area contributed by atoms with E-state index in [-0.39, 0.29) is 35.6 Å². The number of nitrogens with zero attached hydrogens (tertiary/aromatic N) is 4. The number of nitriles is 1. The average molecular weight is 513 g/mol. The van der Waals surface area contributed by atoms with E-state index >= 15 is 0 Å². The summed E-state index contributed by atoms with van der Waals surface area (Å²) in [5.41, 5.74) is 7.70. The normalized spacial score (nSPS) is 11.1. The fraction of sp³-hybridized carbons (Fsp3) is 0.450. The number of aromatic nitrogens is 2. The number of aryl methyl sites for hydroxylation is 1. The SMILES string of the molecule is CN=C(NCCCc1nn(-c2ccc(F)cc2)c(N)c1C#N)NCCC(C)C.I. The number of halogens is 2. The van der Waals surface area contributed by atoms with Gasteiger partial charge in [-0.15, -0.1) is 24.0 Å². The van der Waals surface area contributed by atoms with Crippen molar-refractivity contribution in [2.24, 2.45) is 10.9 Å². The summed E-state index contributed by atoms with van der Waals surface area (Å²) in [6, 6.07) is 7.96. The van der Waals surface area contributed by atoms with Gasteiger partial charge in [0, 0.05) is 20.1 Å². The summed E-state index contributed by atoms with van der Waals surface area (Å²) in [4.78, 5) is 4.20. The molecule has 158 valence electrons. The molecule has 0 saturated carbocycles. The molecule has 0 saturated heterocycles. The van der Waals surface area contributed by atoms with Gasteiger partial charge in [0.2, 0.25) is 0 Å². The quantitative estimate of drug-likeness (QED) is 0.218. The summed E-state index contributed by atoms with van der Waals surface area (Å²) in [6.07, 6.45) is 2.43. The first-order valence-electron chi connectivity index (χ1n) is 9.44. The Morgan fingerprint density at radius 3 is 2.52 bits per heavy atom. The molecular weight excluding hydrogens is 484 g/mol. The van der Waals surface area contributed by atoms with E-state index in [2.05, 4.69) is 40.6 Å². The Hall–Kier alpha value is -2.35. The number of nitrogens with one attached hydrogen (secondary N) is 2. The number of hydrogen-bond acceptors (Lipinski definition) is 4. The maximum atomic E-state index is 13.1. The third kappa shape index (κ3) is 7.20. The van der Waals surface area contributed by atoms with E-state index in [1.54, 1.807) is 19.2 Å². The third-order valence-electron chi connectivity index (χ3n) is 4.30. The van der Waals surface area contributed by atoms with Crippen molar-refractivity contribution in [2.75, 3.05) is 25.9 Å². The summed E-state index contributed by atoms with van der Waals surface area (Å²) in [5.74, 6) is 1.33. The van der Waals surface area contributed by atoms with Crippen LogP contribution >= 0.6 is 24.0 Å². The molecule has 0 amide bonds. The summed E-state index contributed by atoms with van der Waals surface area (Å²) >= 11 is 0. The van der Waals surface area contributed by atoms with Gasteiger partial charge in [0.15, 0.2) is 5.96 Å². The fourth-order valence-corrected chi connectivity index (χ4v) is 2.72. The Morgan fingerprint density at radius 1 is 1.28 bits per heavy atom. The first-order chi connectivity index (χ1) is 13.5. The number of nitrogen functional groups attached to an aromatic ring is 1. The molecular formula is C20H29FIN7. The van der Waals surface area contributed by atoms with Crippen LogP contribution in [0.5, 0.6) is 0 Å². The van der Waals surface area contributed by atoms with Gasteiger partial charge < -0.3 is 16.4 Å². The van der Waals surface area contributed by atoms with Crippen LogP contribution < -0.4 is 16.4 Å². The number of hydrogen-bond donors (Lipinski definition) is 3. The van der Waals surface area contributed by atoms with Crippen molar-refractivity contribution < 1.29 is 4.39 Å². The maximum Gasteiger partial charge on any atom is 0.190 e. The van der Waals surface area contributed by atoms with Crippen molar-refractivity contribution in [3.05, 3.63) is 41.3 Å². The summed E-state index contributed by atoms with van der Waals surface area (Å²) in [7, 11) is 1.74. The Balaban J connectivity index is 0.00000420. The molecule has 1 heterocycles. The lowest BCUT2D eigenvalue weighted by Crippen LogP contribution is -2.38. The second-order valence-electron chi connectivity index (χ2n) is 6.92. The lowest BCUT2D eigenvalue weighted by atomic mass is 10.1. The summed E-state index contributed by atoms with van der Waals surface area (Å²) in [6.45, 7) is 5.92. The van der Waals surface area contributed by atoms with E-state index < -0.39 is 0 Å². The van der Waals surface area contributed by atoms with Crippen LogP contribution in [0.15, 0.2) is 29.3 Å². The van der Waals surface area contributed by atoms with Gasteiger partial charge in [-0.25, -0.2) is 9.07 Å². The van der Waals surface area contributed by atoms with Crippen LogP contribution in [0, 0.1) is 23.1 Å². The van der Waals surface area contributed by atoms with Gasteiger partial charge in [-0.05, 0) is 49.4 Å². The van der Waals surface area contributed by atoms with Crippen LogP contribution in [0.3, 0.4) is 0 Å². The van der Waals surface area contributed by atoms with Gasteiger partial charge in [-0.1, -0.05) is 13.8 Å². The number of rotatable bonds is 8. The van der Waals surface area contributed by atoms with Gasteiger partial charge in [-0.2, -0.15) is 10.4 Å². The number of nitrogens with two attached hydrogens (primary N) is 1. The minimum absolute atomic E-state index is 0. The van der Waals surface area contributed by atoms with Gasteiger partial charge in [0.1, 0.15) is 23.3 Å². The predicted octanol–water partition coefficient (Wildman–Crippen LogP) is 3.23. The zero-order chi connectivity index (χ0) is 20.5. The molecule has 1 aromatic carbocycles. The van der Waals surface area contributed by atoms with E-state index in [1.165, 1.54) is 16.8 Å². The van der Waals surface area contributed by atoms with E-state index in [0.29, 0.717) is 35.8 Å². The van der Waals surface area contributed by atoms with E-state index in [9.17, 15) is 9.65 Å². The van der Waals surface area contributed by atoms with Crippen molar-refractivity contribution in [1.29, 1.82) is 5.26 Å². The van der Waals surface area contributed by atoms with Crippen molar-refractivity contribution in [3.63, 3.8) is 0 Å². The zero-order valence-electron chi connectivity index (χ0n) is 17.1. The maximum absolute atomic E-state index is 13.1. The standard InChI is InChI=1S/C20H28FN7.HI/c1-14(2)10-12-26-20(24-3)25-11-4-5-18-17(13-22)19(23)28(27-18)16-8-6-15(21)7-9-16;/h6-9,14H,4-5,10-12,23H2,1-3H3,(H2,24,25,26);1H. The van der Waals surface area contributed by atoms with Crippen LogP contribution in [-0.4, -0.2) is 35.9 Å². The highest BCUT2D eigenvalue weighted by Crippen LogP contribution is 2.21. The van der Waals surface area contributed by atoms with Crippen LogP contribution in [0.2, 0.25) is 0 Å². The molecule has 29 heavy (non-hydrogen) atoms. The summed E-state index contributed by atoms with van der Waals surface area (Å²) in [5, 5.41) is 20.4. The van der Waals surface area contributed by atoms with Gasteiger partial charge in [-0.3, -0.25) is 4.99 Å². The van der Waals surface area contributed by atoms with E-state index in [4.69, 9.17) is 5.73 Å². The lowest BCUT2D eigenvalue weighted by molar-refractivity contribution is 0.573. The van der Waals surface area contributed by atoms with Crippen LogP contribution in [-0.2, 0) is 6.42 Å². The first-order valence-corrected chi connectivity index (χ1v) is 9.44. The van der Waals surface area contributed by atoms with E-state index in [0.717, 1.165) is 25.3 Å². The van der Waals surface area contributed by atoms with Crippen LogP contribution in [0.25, 0.3) is 5.69 Å². The highest BCUT2D eigenvalue weighted by molar-refractivity contribution is 14.0. The molecule has 9 heteroatoms. The molecule has 0 aliphatic carbocycles. The molecule has 0 unspecified atom stereocenters. The minimum atomic E-state index is -0.336. The second kappa shape index (κ2) is 12.3. The van der Waals surface area contributed by atoms with Crippen molar-refractivity contribution >= 4 is 35.8 Å². The molecule has 0 aliphatic rings. The van der Waals surface area contributed by atoms with Gasteiger partial charge in [0.05, 0.1) is 11.4 Å². The Morgan fingerprint density at radius 2 is 1.93 bits per heavy atom. The minimum Gasteiger partial charge on any atom is -0.382 e. The van der Waals surface area contributed by atoms with Gasteiger partial charge >= 0.3 is 0 Å². The molecule has 2 rings (SSSR count). The van der Waals surface area contributed by atoms with Crippen molar-refractivity contribution in [2.45, 2.75) is 33.1 Å². The molecule has 0 bridgehead atoms. The lowest BCUT2D eigenvalue weighted by Gasteiger charge is -2.12. The van der Waals surface area contributed by atoms with Crippen molar-refractivity contribution in [1.82, 2.24) is 20.4 Å². The van der Waals surface area contributed by atoms with Crippen molar-refractivity contribution in [3.8, 4) is 11.8 Å². The molecule has 1 aromatic heterocycles. The van der Waals surface area contributed by atoms with Gasteiger partial charge in [0.25, 0.3) is 0 Å². The molecule has 7 nitrogen and oxygen atoms in total. The summed E-state index contributed by atoms with van der Waals surface area (Å²) < 4.78 is 14.6. The number of anilines is 1. The molecule has 0 fully saturated rings. The largest absolute Gasteiger partial charge is 0.382 e. The zero-order valence-corrected chi connectivity index (χ0v) is 19.4. The number of aliphatic imine (C=N–C) groups is 1. The Labute approximate surface area is 188 Å². The van der Waals surface area contributed by atoms with Crippen LogP contribution in [0.1, 0.15) is 37.9 Å². The fourth-order valence-electron chi connectivity index (χ4n) is 2.72. The highest BCUT2D eigenvalue weighted by Gasteiger charge is 2.16. The molecule has 0 atom stereocenters. The predicted molar refractivity (Wildman–Crippen MR) is 125 cm³/mol. The molecule has 0 aliphatic heterocycles. The first kappa shape index (κ1) is 24.7. The smallest absolute Gasteiger partial charge is 0.190 e. The topological polar surface area (TPSA) is 104 Å². The van der Waals surface area contributed by atoms with Crippen LogP contribution in [0.4, 0.5) is 10.2 Å². The third-order valence-corrected chi connectivity index (χ3v) is 4.30. The average Bonchev–Trinajstić information content (AvgIpc) is 2.99. The molecule has 0 spiro atoms. The number of benzene rings is 1. The Bertz CT molecular complexity index is 838. The molecule has 4 N–H and O–H groups in total.